The average molecular weight is 297 g/mol. The average Bonchev–Trinajstić information content (AvgIpc) is 2.91. The molecule has 1 aliphatic rings. The summed E-state index contributed by atoms with van der Waals surface area (Å²) in [5.41, 5.74) is 0.333. The quantitative estimate of drug-likeness (QED) is 0.826. The molecule has 2 nitrogen and oxygen atoms in total. The molecule has 0 bridgehead atoms. The Morgan fingerprint density at radius 1 is 1.24 bits per heavy atom. The number of ether oxygens (including phenoxy) is 1. The van der Waals surface area contributed by atoms with Gasteiger partial charge in [-0.25, -0.2) is 8.78 Å². The highest BCUT2D eigenvalue weighted by Gasteiger charge is 2.41. The molecule has 0 aliphatic heterocycles. The van der Waals surface area contributed by atoms with E-state index in [1.54, 1.807) is 6.07 Å². The summed E-state index contributed by atoms with van der Waals surface area (Å²) in [7, 11) is 0. The van der Waals surface area contributed by atoms with Crippen molar-refractivity contribution in [2.24, 2.45) is 0 Å². The zero-order valence-electron chi connectivity index (χ0n) is 12.9. The Hall–Kier alpha value is -1.00. The van der Waals surface area contributed by atoms with E-state index in [4.69, 9.17) is 4.74 Å². The van der Waals surface area contributed by atoms with Crippen LogP contribution in [0.4, 0.5) is 8.78 Å². The third-order valence-corrected chi connectivity index (χ3v) is 4.41. The zero-order valence-corrected chi connectivity index (χ0v) is 12.9. The van der Waals surface area contributed by atoms with Gasteiger partial charge in [-0.15, -0.1) is 0 Å². The van der Waals surface area contributed by atoms with Gasteiger partial charge in [-0.2, -0.15) is 0 Å². The zero-order chi connectivity index (χ0) is 15.3. The van der Waals surface area contributed by atoms with E-state index >= 15 is 0 Å². The molecule has 1 aliphatic carbocycles. The van der Waals surface area contributed by atoms with E-state index in [9.17, 15) is 8.78 Å². The highest BCUT2D eigenvalue weighted by atomic mass is 19.1. The summed E-state index contributed by atoms with van der Waals surface area (Å²) in [5.74, 6) is -1.00. The van der Waals surface area contributed by atoms with Gasteiger partial charge < -0.3 is 10.1 Å². The molecule has 0 saturated heterocycles. The molecule has 1 N–H and O–H groups in total. The van der Waals surface area contributed by atoms with Crippen LogP contribution < -0.4 is 5.32 Å². The van der Waals surface area contributed by atoms with Crippen LogP contribution in [-0.4, -0.2) is 24.8 Å². The van der Waals surface area contributed by atoms with E-state index in [1.165, 1.54) is 6.07 Å². The van der Waals surface area contributed by atoms with E-state index < -0.39 is 11.6 Å². The van der Waals surface area contributed by atoms with E-state index in [0.717, 1.165) is 38.3 Å². The largest absolute Gasteiger partial charge is 0.374 e. The molecule has 21 heavy (non-hydrogen) atoms. The molecule has 1 saturated carbocycles. The minimum Gasteiger partial charge on any atom is -0.374 e. The molecule has 0 radical (unpaired) electrons. The number of benzene rings is 1. The van der Waals surface area contributed by atoms with Crippen LogP contribution in [0.15, 0.2) is 18.2 Å². The molecule has 0 aromatic heterocycles. The lowest BCUT2D eigenvalue weighted by molar-refractivity contribution is -0.0610. The molecule has 4 heteroatoms. The van der Waals surface area contributed by atoms with Crippen molar-refractivity contribution in [3.8, 4) is 0 Å². The predicted octanol–water partition coefficient (Wildman–Crippen LogP) is 3.83. The lowest BCUT2D eigenvalue weighted by atomic mass is 9.87. The van der Waals surface area contributed by atoms with Gasteiger partial charge in [0.2, 0.25) is 0 Å². The number of nitrogens with one attached hydrogen (secondary N) is 1. The monoisotopic (exact) mass is 297 g/mol. The van der Waals surface area contributed by atoms with Crippen molar-refractivity contribution in [2.75, 3.05) is 13.2 Å². The van der Waals surface area contributed by atoms with Crippen molar-refractivity contribution in [1.82, 2.24) is 5.32 Å². The van der Waals surface area contributed by atoms with Gasteiger partial charge >= 0.3 is 0 Å². The summed E-state index contributed by atoms with van der Waals surface area (Å²) in [6.45, 7) is 5.51. The van der Waals surface area contributed by atoms with Crippen LogP contribution in [-0.2, 0) is 11.2 Å². The lowest BCUT2D eigenvalue weighted by Gasteiger charge is -2.38. The second-order valence-corrected chi connectivity index (χ2v) is 5.76. The Bertz CT molecular complexity index is 458. The maximum atomic E-state index is 13.9. The van der Waals surface area contributed by atoms with Gasteiger partial charge in [0.25, 0.3) is 0 Å². The standard InChI is InChI=1S/C17H25F2NO/c1-3-20-16(17(21-4-2)9-5-6-10-17)11-13-7-8-14(18)12-15(13)19/h7-8,12,16,20H,3-6,9-11H2,1-2H3. The van der Waals surface area contributed by atoms with Crippen LogP contribution in [0.1, 0.15) is 45.1 Å². The summed E-state index contributed by atoms with van der Waals surface area (Å²) in [5, 5.41) is 3.46. The minimum atomic E-state index is -0.531. The fourth-order valence-electron chi connectivity index (χ4n) is 3.45. The molecule has 1 unspecified atom stereocenters. The first kappa shape index (κ1) is 16.4. The molecular formula is C17H25F2NO. The highest BCUT2D eigenvalue weighted by molar-refractivity contribution is 5.21. The number of likely N-dealkylation sites (N-methyl/N-ethyl adjacent to an activating group) is 1. The Morgan fingerprint density at radius 2 is 1.95 bits per heavy atom. The van der Waals surface area contributed by atoms with Gasteiger partial charge in [0.05, 0.1) is 5.60 Å². The molecule has 0 amide bonds. The molecule has 1 aromatic carbocycles. The van der Waals surface area contributed by atoms with Gasteiger partial charge in [0.15, 0.2) is 0 Å². The van der Waals surface area contributed by atoms with Crippen LogP contribution in [0.2, 0.25) is 0 Å². The number of hydrogen-bond donors (Lipinski definition) is 1. The van der Waals surface area contributed by atoms with Crippen molar-refractivity contribution in [1.29, 1.82) is 0 Å². The van der Waals surface area contributed by atoms with Gasteiger partial charge in [-0.3, -0.25) is 0 Å². The van der Waals surface area contributed by atoms with Crippen LogP contribution in [0.5, 0.6) is 0 Å². The maximum absolute atomic E-state index is 13.9. The van der Waals surface area contributed by atoms with E-state index in [0.29, 0.717) is 18.6 Å². The smallest absolute Gasteiger partial charge is 0.129 e. The number of halogens is 2. The van der Waals surface area contributed by atoms with E-state index in [2.05, 4.69) is 5.32 Å². The van der Waals surface area contributed by atoms with Crippen molar-refractivity contribution in [2.45, 2.75) is 57.6 Å². The summed E-state index contributed by atoms with van der Waals surface area (Å²) in [4.78, 5) is 0. The van der Waals surface area contributed by atoms with Crippen LogP contribution >= 0.6 is 0 Å². The molecule has 0 spiro atoms. The molecule has 1 atom stereocenters. The maximum Gasteiger partial charge on any atom is 0.129 e. The predicted molar refractivity (Wildman–Crippen MR) is 80.4 cm³/mol. The minimum absolute atomic E-state index is 0.0601. The molecule has 2 rings (SSSR count). The summed E-state index contributed by atoms with van der Waals surface area (Å²) in [6.07, 6.45) is 4.82. The third-order valence-electron chi connectivity index (χ3n) is 4.41. The third kappa shape index (κ3) is 3.80. The Morgan fingerprint density at radius 3 is 2.52 bits per heavy atom. The van der Waals surface area contributed by atoms with Crippen LogP contribution in [0.25, 0.3) is 0 Å². The fraction of sp³-hybridized carbons (Fsp3) is 0.647. The first-order valence-electron chi connectivity index (χ1n) is 7.92. The molecule has 0 heterocycles. The van der Waals surface area contributed by atoms with Crippen LogP contribution in [0.3, 0.4) is 0 Å². The molecule has 1 fully saturated rings. The van der Waals surface area contributed by atoms with Gasteiger partial charge in [0.1, 0.15) is 11.6 Å². The first-order valence-corrected chi connectivity index (χ1v) is 7.92. The highest BCUT2D eigenvalue weighted by Crippen LogP contribution is 2.37. The van der Waals surface area contributed by atoms with Crippen molar-refractivity contribution < 1.29 is 13.5 Å². The molecule has 1 aromatic rings. The number of rotatable bonds is 7. The van der Waals surface area contributed by atoms with Crippen molar-refractivity contribution in [3.05, 3.63) is 35.4 Å². The van der Waals surface area contributed by atoms with E-state index in [1.807, 2.05) is 13.8 Å². The fourth-order valence-corrected chi connectivity index (χ4v) is 3.45. The Labute approximate surface area is 125 Å². The molecular weight excluding hydrogens is 272 g/mol. The lowest BCUT2D eigenvalue weighted by Crippen LogP contribution is -2.52. The number of hydrogen-bond acceptors (Lipinski definition) is 2. The topological polar surface area (TPSA) is 21.3 Å². The van der Waals surface area contributed by atoms with Crippen molar-refractivity contribution >= 4 is 0 Å². The summed E-state index contributed by atoms with van der Waals surface area (Å²) in [6, 6.07) is 3.89. The van der Waals surface area contributed by atoms with Crippen LogP contribution in [0, 0.1) is 11.6 Å². The van der Waals surface area contributed by atoms with E-state index in [-0.39, 0.29) is 11.6 Å². The van der Waals surface area contributed by atoms with Gasteiger partial charge in [-0.05, 0) is 44.4 Å². The van der Waals surface area contributed by atoms with Gasteiger partial charge in [0, 0.05) is 18.7 Å². The normalized spacial score (nSPS) is 18.9. The summed E-state index contributed by atoms with van der Waals surface area (Å²) < 4.78 is 33.1. The SMILES string of the molecule is CCNC(Cc1ccc(F)cc1F)C1(OCC)CCCC1. The Kier molecular flexibility index (Phi) is 5.71. The van der Waals surface area contributed by atoms with Crippen molar-refractivity contribution in [3.63, 3.8) is 0 Å². The first-order chi connectivity index (χ1) is 10.1. The molecule has 118 valence electrons. The van der Waals surface area contributed by atoms with Gasteiger partial charge in [-0.1, -0.05) is 25.8 Å². The second-order valence-electron chi connectivity index (χ2n) is 5.76. The second kappa shape index (κ2) is 7.32. The summed E-state index contributed by atoms with van der Waals surface area (Å²) >= 11 is 0. The Balaban J connectivity index is 2.21.